The minimum Gasteiger partial charge on any atom is -0.459 e. The molecule has 0 saturated carbocycles. The van der Waals surface area contributed by atoms with Gasteiger partial charge in [0.2, 0.25) is 5.91 Å². The number of halogens is 1. The Labute approximate surface area is 130 Å². The molecule has 1 aliphatic rings. The van der Waals surface area contributed by atoms with Gasteiger partial charge in [-0.2, -0.15) is 0 Å². The smallest absolute Gasteiger partial charge is 0.290 e. The van der Waals surface area contributed by atoms with E-state index in [2.05, 4.69) is 21.2 Å². The van der Waals surface area contributed by atoms with Crippen LogP contribution in [0.2, 0.25) is 0 Å². The number of hydrogen-bond acceptors (Lipinski definition) is 3. The van der Waals surface area contributed by atoms with Crippen LogP contribution in [0.15, 0.2) is 51.6 Å². The lowest BCUT2D eigenvalue weighted by atomic mass is 10.0. The molecule has 0 bridgehead atoms. The van der Waals surface area contributed by atoms with Gasteiger partial charge in [0.25, 0.3) is 5.91 Å². The summed E-state index contributed by atoms with van der Waals surface area (Å²) < 4.78 is 5.96. The van der Waals surface area contributed by atoms with Crippen molar-refractivity contribution in [2.45, 2.75) is 6.04 Å². The lowest BCUT2D eigenvalue weighted by Gasteiger charge is -2.35. The van der Waals surface area contributed by atoms with Crippen LogP contribution in [-0.4, -0.2) is 29.8 Å². The Morgan fingerprint density at radius 1 is 1.29 bits per heavy atom. The normalized spacial score (nSPS) is 18.4. The van der Waals surface area contributed by atoms with E-state index in [4.69, 9.17) is 4.42 Å². The summed E-state index contributed by atoms with van der Waals surface area (Å²) in [7, 11) is 0. The van der Waals surface area contributed by atoms with Crippen LogP contribution in [0.3, 0.4) is 0 Å². The van der Waals surface area contributed by atoms with E-state index in [1.165, 1.54) is 11.2 Å². The standard InChI is InChI=1S/C15H13BrN2O3/c16-11-5-2-1-4-10(11)13-14(19)17-7-8-18(13)15(20)12-6-3-9-21-12/h1-6,9,13H,7-8H2,(H,17,19)/t13-/m1/s1. The van der Waals surface area contributed by atoms with Gasteiger partial charge in [-0.1, -0.05) is 34.1 Å². The molecule has 1 aliphatic heterocycles. The average molecular weight is 349 g/mol. The third kappa shape index (κ3) is 2.58. The highest BCUT2D eigenvalue weighted by atomic mass is 79.9. The molecule has 6 heteroatoms. The van der Waals surface area contributed by atoms with Crippen molar-refractivity contribution in [2.24, 2.45) is 0 Å². The second-order valence-electron chi connectivity index (χ2n) is 4.69. The van der Waals surface area contributed by atoms with Gasteiger partial charge in [0.1, 0.15) is 6.04 Å². The van der Waals surface area contributed by atoms with Gasteiger partial charge in [0.15, 0.2) is 5.76 Å². The summed E-state index contributed by atoms with van der Waals surface area (Å²) in [5.74, 6) is -0.231. The van der Waals surface area contributed by atoms with E-state index < -0.39 is 6.04 Å². The third-order valence-corrected chi connectivity index (χ3v) is 4.13. The van der Waals surface area contributed by atoms with E-state index in [0.717, 1.165) is 10.0 Å². The molecular weight excluding hydrogens is 336 g/mol. The van der Waals surface area contributed by atoms with E-state index >= 15 is 0 Å². The lowest BCUT2D eigenvalue weighted by molar-refractivity contribution is -0.128. The van der Waals surface area contributed by atoms with Crippen LogP contribution in [0.25, 0.3) is 0 Å². The van der Waals surface area contributed by atoms with Crippen molar-refractivity contribution in [3.8, 4) is 0 Å². The van der Waals surface area contributed by atoms with E-state index in [0.29, 0.717) is 13.1 Å². The summed E-state index contributed by atoms with van der Waals surface area (Å²) >= 11 is 3.44. The summed E-state index contributed by atoms with van der Waals surface area (Å²) in [4.78, 5) is 26.4. The zero-order valence-corrected chi connectivity index (χ0v) is 12.7. The maximum atomic E-state index is 12.5. The number of nitrogens with zero attached hydrogens (tertiary/aromatic N) is 1. The largest absolute Gasteiger partial charge is 0.459 e. The topological polar surface area (TPSA) is 62.6 Å². The Hall–Kier alpha value is -2.08. The maximum absolute atomic E-state index is 12.5. The number of carbonyl (C=O) groups is 2. The minimum atomic E-state index is -0.660. The molecule has 0 spiro atoms. The fourth-order valence-corrected chi connectivity index (χ4v) is 2.94. The molecule has 1 aromatic carbocycles. The molecule has 1 atom stereocenters. The van der Waals surface area contributed by atoms with Crippen LogP contribution in [0.1, 0.15) is 22.2 Å². The molecule has 1 fully saturated rings. The van der Waals surface area contributed by atoms with Gasteiger partial charge in [-0.05, 0) is 23.8 Å². The molecule has 5 nitrogen and oxygen atoms in total. The maximum Gasteiger partial charge on any atom is 0.290 e. The van der Waals surface area contributed by atoms with Gasteiger partial charge >= 0.3 is 0 Å². The number of rotatable bonds is 2. The van der Waals surface area contributed by atoms with Gasteiger partial charge < -0.3 is 14.6 Å². The van der Waals surface area contributed by atoms with E-state index in [9.17, 15) is 9.59 Å². The highest BCUT2D eigenvalue weighted by molar-refractivity contribution is 9.10. The number of benzene rings is 1. The van der Waals surface area contributed by atoms with Crippen molar-refractivity contribution in [3.05, 3.63) is 58.5 Å². The molecule has 0 aliphatic carbocycles. The van der Waals surface area contributed by atoms with Crippen LogP contribution in [0, 0.1) is 0 Å². The third-order valence-electron chi connectivity index (χ3n) is 3.40. The zero-order chi connectivity index (χ0) is 14.8. The Kier molecular flexibility index (Phi) is 3.79. The SMILES string of the molecule is O=C1NCCN(C(=O)c2ccco2)[C@@H]1c1ccccc1Br. The summed E-state index contributed by atoms with van der Waals surface area (Å²) in [5, 5.41) is 2.80. The highest BCUT2D eigenvalue weighted by Crippen LogP contribution is 2.30. The van der Waals surface area contributed by atoms with Crippen molar-refractivity contribution in [1.29, 1.82) is 0 Å². The molecule has 0 unspecified atom stereocenters. The number of piperazine rings is 1. The first-order valence-electron chi connectivity index (χ1n) is 6.55. The number of hydrogen-bond donors (Lipinski definition) is 1. The molecule has 1 N–H and O–H groups in total. The Morgan fingerprint density at radius 3 is 2.81 bits per heavy atom. The molecule has 2 heterocycles. The quantitative estimate of drug-likeness (QED) is 0.905. The molecule has 1 aromatic heterocycles. The molecule has 2 amide bonds. The monoisotopic (exact) mass is 348 g/mol. The number of carbonyl (C=O) groups excluding carboxylic acids is 2. The molecular formula is C15H13BrN2O3. The highest BCUT2D eigenvalue weighted by Gasteiger charge is 2.36. The van der Waals surface area contributed by atoms with Gasteiger partial charge in [0, 0.05) is 17.6 Å². The summed E-state index contributed by atoms with van der Waals surface area (Å²) in [6.45, 7) is 0.878. The first-order chi connectivity index (χ1) is 10.2. The fourth-order valence-electron chi connectivity index (χ4n) is 2.43. The van der Waals surface area contributed by atoms with Crippen molar-refractivity contribution in [2.75, 3.05) is 13.1 Å². The predicted octanol–water partition coefficient (Wildman–Crippen LogP) is 2.36. The van der Waals surface area contributed by atoms with Crippen LogP contribution in [0.5, 0.6) is 0 Å². The molecule has 1 saturated heterocycles. The van der Waals surface area contributed by atoms with Gasteiger partial charge in [-0.15, -0.1) is 0 Å². The van der Waals surface area contributed by atoms with Crippen molar-refractivity contribution in [1.82, 2.24) is 10.2 Å². The second-order valence-corrected chi connectivity index (χ2v) is 5.55. The van der Waals surface area contributed by atoms with Crippen molar-refractivity contribution >= 4 is 27.7 Å². The van der Waals surface area contributed by atoms with E-state index in [1.807, 2.05) is 24.3 Å². The molecule has 3 rings (SSSR count). The number of nitrogens with one attached hydrogen (secondary N) is 1. The first-order valence-corrected chi connectivity index (χ1v) is 7.34. The number of amides is 2. The van der Waals surface area contributed by atoms with Gasteiger partial charge in [0.05, 0.1) is 6.26 Å². The Balaban J connectivity index is 1.99. The summed E-state index contributed by atoms with van der Waals surface area (Å²) in [6.07, 6.45) is 1.45. The van der Waals surface area contributed by atoms with Gasteiger partial charge in [-0.25, -0.2) is 0 Å². The first kappa shape index (κ1) is 13.9. The minimum absolute atomic E-state index is 0.187. The summed E-state index contributed by atoms with van der Waals surface area (Å²) in [5.41, 5.74) is 0.759. The van der Waals surface area contributed by atoms with Gasteiger partial charge in [-0.3, -0.25) is 9.59 Å². The van der Waals surface area contributed by atoms with Crippen LogP contribution < -0.4 is 5.32 Å². The molecule has 108 valence electrons. The van der Waals surface area contributed by atoms with Crippen molar-refractivity contribution < 1.29 is 14.0 Å². The van der Waals surface area contributed by atoms with Crippen LogP contribution in [0.4, 0.5) is 0 Å². The van der Waals surface area contributed by atoms with Crippen LogP contribution >= 0.6 is 15.9 Å². The Morgan fingerprint density at radius 2 is 2.10 bits per heavy atom. The van der Waals surface area contributed by atoms with Crippen molar-refractivity contribution in [3.63, 3.8) is 0 Å². The fraction of sp³-hybridized carbons (Fsp3) is 0.200. The average Bonchev–Trinajstić information content (AvgIpc) is 3.01. The Bertz CT molecular complexity index is 669. The molecule has 2 aromatic rings. The van der Waals surface area contributed by atoms with Crippen LogP contribution in [-0.2, 0) is 4.79 Å². The molecule has 21 heavy (non-hydrogen) atoms. The summed E-state index contributed by atoms with van der Waals surface area (Å²) in [6, 6.07) is 10.0. The predicted molar refractivity (Wildman–Crippen MR) is 79.6 cm³/mol. The zero-order valence-electron chi connectivity index (χ0n) is 11.1. The molecule has 0 radical (unpaired) electrons. The van der Waals surface area contributed by atoms with E-state index in [-0.39, 0.29) is 17.6 Å². The lowest BCUT2D eigenvalue weighted by Crippen LogP contribution is -2.52. The number of furan rings is 1. The van der Waals surface area contributed by atoms with E-state index in [1.54, 1.807) is 12.1 Å². The second kappa shape index (κ2) is 5.73.